The van der Waals surface area contributed by atoms with E-state index >= 15 is 0 Å². The molecule has 0 radical (unpaired) electrons. The van der Waals surface area contributed by atoms with Crippen molar-refractivity contribution in [1.82, 2.24) is 5.32 Å². The lowest BCUT2D eigenvalue weighted by molar-refractivity contribution is -0.144. The first-order valence-corrected chi connectivity index (χ1v) is 5.84. The number of aliphatic carboxylic acids is 1. The number of hydrogen-bond donors (Lipinski definition) is 3. The molecule has 5 nitrogen and oxygen atoms in total. The van der Waals surface area contributed by atoms with Gasteiger partial charge < -0.3 is 15.5 Å². The molecule has 0 aromatic heterocycles. The van der Waals surface area contributed by atoms with E-state index in [-0.39, 0.29) is 10.6 Å². The topological polar surface area (TPSA) is 86.6 Å². The molecule has 0 spiro atoms. The van der Waals surface area contributed by atoms with Gasteiger partial charge in [0, 0.05) is 10.6 Å². The van der Waals surface area contributed by atoms with Crippen molar-refractivity contribution in [3.63, 3.8) is 0 Å². The largest absolute Gasteiger partial charge is 0.480 e. The average molecular weight is 290 g/mol. The van der Waals surface area contributed by atoms with Crippen molar-refractivity contribution in [1.29, 1.82) is 0 Å². The molecule has 3 N–H and O–H groups in total. The molecule has 1 aromatic carbocycles. The van der Waals surface area contributed by atoms with Gasteiger partial charge in [-0.1, -0.05) is 17.7 Å². The highest BCUT2D eigenvalue weighted by Gasteiger charge is 2.25. The Hall–Kier alpha value is -1.66. The molecule has 1 aromatic rings. The summed E-state index contributed by atoms with van der Waals surface area (Å²) in [7, 11) is 0. The van der Waals surface area contributed by atoms with Gasteiger partial charge in [0.15, 0.2) is 6.04 Å². The zero-order valence-electron chi connectivity index (χ0n) is 10.1. The molecule has 19 heavy (non-hydrogen) atoms. The third-order valence-corrected chi connectivity index (χ3v) is 2.82. The lowest BCUT2D eigenvalue weighted by Gasteiger charge is -2.17. The Labute approximate surface area is 114 Å². The van der Waals surface area contributed by atoms with Crippen LogP contribution in [0.1, 0.15) is 12.5 Å². The van der Waals surface area contributed by atoms with Crippen molar-refractivity contribution in [2.24, 2.45) is 0 Å². The van der Waals surface area contributed by atoms with Crippen molar-refractivity contribution in [3.05, 3.63) is 34.6 Å². The van der Waals surface area contributed by atoms with E-state index in [2.05, 4.69) is 5.32 Å². The fourth-order valence-electron chi connectivity index (χ4n) is 1.47. The second-order valence-corrected chi connectivity index (χ2v) is 4.41. The van der Waals surface area contributed by atoms with Crippen molar-refractivity contribution in [2.75, 3.05) is 0 Å². The number of carboxylic acids is 1. The smallest absolute Gasteiger partial charge is 0.328 e. The second kappa shape index (κ2) is 6.49. The van der Waals surface area contributed by atoms with E-state index in [0.29, 0.717) is 0 Å². The van der Waals surface area contributed by atoms with Crippen LogP contribution in [0.2, 0.25) is 5.02 Å². The fourth-order valence-corrected chi connectivity index (χ4v) is 1.70. The normalized spacial score (nSPS) is 13.7. The minimum atomic E-state index is -1.45. The molecule has 0 saturated heterocycles. The van der Waals surface area contributed by atoms with Gasteiger partial charge in [-0.3, -0.25) is 4.79 Å². The van der Waals surface area contributed by atoms with Gasteiger partial charge in [0.25, 0.3) is 0 Å². The summed E-state index contributed by atoms with van der Waals surface area (Å²) < 4.78 is 13.4. The zero-order valence-corrected chi connectivity index (χ0v) is 10.8. The summed E-state index contributed by atoms with van der Waals surface area (Å²) in [5, 5.41) is 20.2. The molecule has 1 amide bonds. The zero-order chi connectivity index (χ0) is 14.6. The molecule has 2 atom stereocenters. The van der Waals surface area contributed by atoms with E-state index in [1.165, 1.54) is 19.1 Å². The number of halogens is 2. The van der Waals surface area contributed by atoms with Crippen molar-refractivity contribution >= 4 is 23.5 Å². The minimum absolute atomic E-state index is 0.0172. The van der Waals surface area contributed by atoms with E-state index in [1.54, 1.807) is 0 Å². The number of benzene rings is 1. The Morgan fingerprint density at radius 3 is 2.58 bits per heavy atom. The SMILES string of the molecule is CC(O)C(NC(=O)Cc1c(F)cccc1Cl)C(=O)O. The summed E-state index contributed by atoms with van der Waals surface area (Å²) in [6, 6.07) is 2.53. The van der Waals surface area contributed by atoms with Gasteiger partial charge in [-0.15, -0.1) is 0 Å². The third-order valence-electron chi connectivity index (χ3n) is 2.46. The van der Waals surface area contributed by atoms with Gasteiger partial charge in [0.1, 0.15) is 5.82 Å². The van der Waals surface area contributed by atoms with Crippen LogP contribution in [-0.4, -0.2) is 34.2 Å². The number of rotatable bonds is 5. The van der Waals surface area contributed by atoms with Crippen LogP contribution in [0.5, 0.6) is 0 Å². The molecular weight excluding hydrogens is 277 g/mol. The number of nitrogens with one attached hydrogen (secondary N) is 1. The maximum absolute atomic E-state index is 13.4. The molecule has 0 saturated carbocycles. The van der Waals surface area contributed by atoms with Gasteiger partial charge in [0.05, 0.1) is 12.5 Å². The predicted molar refractivity (Wildman–Crippen MR) is 66.4 cm³/mol. The number of aliphatic hydroxyl groups excluding tert-OH is 1. The van der Waals surface area contributed by atoms with Gasteiger partial charge in [-0.2, -0.15) is 0 Å². The van der Waals surface area contributed by atoms with E-state index < -0.39 is 36.3 Å². The van der Waals surface area contributed by atoms with Crippen LogP contribution in [0, 0.1) is 5.82 Å². The lowest BCUT2D eigenvalue weighted by atomic mass is 10.1. The third kappa shape index (κ3) is 4.18. The number of aliphatic hydroxyl groups is 1. The number of hydrogen-bond acceptors (Lipinski definition) is 3. The monoisotopic (exact) mass is 289 g/mol. The molecule has 0 aliphatic rings. The first-order chi connectivity index (χ1) is 8.82. The molecule has 2 unspecified atom stereocenters. The Balaban J connectivity index is 2.78. The highest BCUT2D eigenvalue weighted by Crippen LogP contribution is 2.19. The molecule has 0 aliphatic carbocycles. The van der Waals surface area contributed by atoms with Crippen LogP contribution < -0.4 is 5.32 Å². The highest BCUT2D eigenvalue weighted by molar-refractivity contribution is 6.31. The van der Waals surface area contributed by atoms with Crippen molar-refractivity contribution in [2.45, 2.75) is 25.5 Å². The first kappa shape index (κ1) is 15.4. The van der Waals surface area contributed by atoms with Gasteiger partial charge >= 0.3 is 5.97 Å². The van der Waals surface area contributed by atoms with E-state index in [0.717, 1.165) is 6.07 Å². The van der Waals surface area contributed by atoms with Crippen molar-refractivity contribution < 1.29 is 24.2 Å². The van der Waals surface area contributed by atoms with Gasteiger partial charge in [-0.25, -0.2) is 9.18 Å². The Kier molecular flexibility index (Phi) is 5.26. The number of carboxylic acid groups (broad SMARTS) is 1. The van der Waals surface area contributed by atoms with Crippen LogP contribution in [-0.2, 0) is 16.0 Å². The second-order valence-electron chi connectivity index (χ2n) is 4.00. The van der Waals surface area contributed by atoms with Crippen LogP contribution in [0.25, 0.3) is 0 Å². The van der Waals surface area contributed by atoms with E-state index in [4.69, 9.17) is 16.7 Å². The molecule has 0 fully saturated rings. The molecule has 104 valence electrons. The molecular formula is C12H13ClFNO4. The maximum atomic E-state index is 13.4. The summed E-state index contributed by atoms with van der Waals surface area (Å²) in [6.45, 7) is 1.23. The molecule has 0 heterocycles. The van der Waals surface area contributed by atoms with Crippen LogP contribution >= 0.6 is 11.6 Å². The van der Waals surface area contributed by atoms with Gasteiger partial charge in [0.2, 0.25) is 5.91 Å². The quantitative estimate of drug-likeness (QED) is 0.754. The maximum Gasteiger partial charge on any atom is 0.328 e. The average Bonchev–Trinajstić information content (AvgIpc) is 2.30. The number of amides is 1. The summed E-state index contributed by atoms with van der Waals surface area (Å²) in [5.41, 5.74) is -0.0172. The number of carbonyl (C=O) groups excluding carboxylic acids is 1. The Morgan fingerprint density at radius 1 is 1.47 bits per heavy atom. The van der Waals surface area contributed by atoms with Gasteiger partial charge in [-0.05, 0) is 19.1 Å². The molecule has 7 heteroatoms. The van der Waals surface area contributed by atoms with E-state index in [1.807, 2.05) is 0 Å². The highest BCUT2D eigenvalue weighted by atomic mass is 35.5. The first-order valence-electron chi connectivity index (χ1n) is 5.46. The van der Waals surface area contributed by atoms with Crippen LogP contribution in [0.15, 0.2) is 18.2 Å². The summed E-state index contributed by atoms with van der Waals surface area (Å²) in [4.78, 5) is 22.4. The van der Waals surface area contributed by atoms with Crippen LogP contribution in [0.3, 0.4) is 0 Å². The summed E-state index contributed by atoms with van der Waals surface area (Å²) >= 11 is 5.75. The van der Waals surface area contributed by atoms with E-state index in [9.17, 15) is 19.1 Å². The standard InChI is InChI=1S/C12H13ClFNO4/c1-6(16)11(12(18)19)15-10(17)5-7-8(13)3-2-4-9(7)14/h2-4,6,11,16H,5H2,1H3,(H,15,17)(H,18,19). The Morgan fingerprint density at radius 2 is 2.11 bits per heavy atom. The lowest BCUT2D eigenvalue weighted by Crippen LogP contribution is -2.48. The number of carbonyl (C=O) groups is 2. The Bertz CT molecular complexity index is 472. The minimum Gasteiger partial charge on any atom is -0.480 e. The predicted octanol–water partition coefficient (Wildman–Crippen LogP) is 0.972. The fraction of sp³-hybridized carbons (Fsp3) is 0.333. The van der Waals surface area contributed by atoms with Crippen LogP contribution in [0.4, 0.5) is 4.39 Å². The molecule has 1 rings (SSSR count). The molecule has 0 bridgehead atoms. The van der Waals surface area contributed by atoms with Crippen molar-refractivity contribution in [3.8, 4) is 0 Å². The molecule has 0 aliphatic heterocycles. The summed E-state index contributed by atoms with van der Waals surface area (Å²) in [5.74, 6) is -2.75. The summed E-state index contributed by atoms with van der Waals surface area (Å²) in [6.07, 6.45) is -1.67.